The summed E-state index contributed by atoms with van der Waals surface area (Å²) in [7, 11) is -3.62. The minimum atomic E-state index is -3.62. The molecule has 1 aromatic heterocycles. The molecule has 2 aromatic rings. The Morgan fingerprint density at radius 3 is 2.52 bits per heavy atom. The van der Waals surface area contributed by atoms with Gasteiger partial charge in [-0.2, -0.15) is 11.3 Å². The van der Waals surface area contributed by atoms with E-state index in [0.29, 0.717) is 6.42 Å². The van der Waals surface area contributed by atoms with Crippen molar-refractivity contribution in [2.75, 3.05) is 0 Å². The molecule has 1 aliphatic rings. The summed E-state index contributed by atoms with van der Waals surface area (Å²) in [5.41, 5.74) is 1.12. The van der Waals surface area contributed by atoms with Crippen LogP contribution in [0.1, 0.15) is 24.3 Å². The van der Waals surface area contributed by atoms with Gasteiger partial charge in [-0.3, -0.25) is 0 Å². The maximum Gasteiger partial charge on any atom is 0.205 e. The van der Waals surface area contributed by atoms with Crippen molar-refractivity contribution >= 4 is 21.2 Å². The average Bonchev–Trinajstić information content (AvgIpc) is 3.03. The Balaban J connectivity index is 2.03. The third-order valence-electron chi connectivity index (χ3n) is 3.78. The zero-order valence-corrected chi connectivity index (χ0v) is 13.0. The highest BCUT2D eigenvalue weighted by molar-refractivity contribution is 7.95. The average molecular weight is 320 g/mol. The first kappa shape index (κ1) is 14.5. The highest BCUT2D eigenvalue weighted by Crippen LogP contribution is 2.36. The van der Waals surface area contributed by atoms with Gasteiger partial charge in [0.15, 0.2) is 0 Å². The first-order chi connectivity index (χ1) is 10.1. The van der Waals surface area contributed by atoms with Crippen LogP contribution in [-0.4, -0.2) is 19.6 Å². The summed E-state index contributed by atoms with van der Waals surface area (Å²) >= 11 is 1.60. The van der Waals surface area contributed by atoms with Crippen LogP contribution in [0.3, 0.4) is 0 Å². The van der Waals surface area contributed by atoms with Gasteiger partial charge in [0.25, 0.3) is 0 Å². The van der Waals surface area contributed by atoms with Gasteiger partial charge in [0, 0.05) is 5.92 Å². The molecule has 0 aliphatic heterocycles. The normalized spacial score (nSPS) is 22.8. The van der Waals surface area contributed by atoms with Gasteiger partial charge in [-0.15, -0.1) is 0 Å². The number of aliphatic hydroxyl groups is 1. The van der Waals surface area contributed by atoms with Crippen LogP contribution in [0.4, 0.5) is 0 Å². The Kier molecular flexibility index (Phi) is 3.97. The molecule has 0 saturated heterocycles. The predicted molar refractivity (Wildman–Crippen MR) is 84.0 cm³/mol. The standard InChI is InChI=1S/C16H16O3S2/c17-15-7-6-12(13-8-9-20-11-13)10-16(15)21(18,19)14-4-2-1-3-5-14/h1-5,8-12,15,17H,6-7H2/t12-,15+/m1/s1. The van der Waals surface area contributed by atoms with E-state index < -0.39 is 15.9 Å². The van der Waals surface area contributed by atoms with Gasteiger partial charge in [-0.25, -0.2) is 8.42 Å². The number of sulfone groups is 1. The number of allylic oxidation sites excluding steroid dienone is 1. The van der Waals surface area contributed by atoms with Crippen LogP contribution in [0.2, 0.25) is 0 Å². The third-order valence-corrected chi connectivity index (χ3v) is 6.40. The number of thiophene rings is 1. The number of hydrogen-bond donors (Lipinski definition) is 1. The molecule has 0 radical (unpaired) electrons. The van der Waals surface area contributed by atoms with E-state index in [1.165, 1.54) is 0 Å². The molecule has 0 amide bonds. The molecular formula is C16H16O3S2. The van der Waals surface area contributed by atoms with Crippen molar-refractivity contribution < 1.29 is 13.5 Å². The molecule has 3 nitrogen and oxygen atoms in total. The molecule has 3 rings (SSSR count). The summed E-state index contributed by atoms with van der Waals surface area (Å²) in [5, 5.41) is 14.2. The quantitative estimate of drug-likeness (QED) is 0.943. The highest BCUT2D eigenvalue weighted by Gasteiger charge is 2.31. The lowest BCUT2D eigenvalue weighted by Crippen LogP contribution is -2.24. The van der Waals surface area contributed by atoms with Gasteiger partial charge in [-0.1, -0.05) is 24.3 Å². The molecule has 5 heteroatoms. The molecule has 1 heterocycles. The van der Waals surface area contributed by atoms with Gasteiger partial charge >= 0.3 is 0 Å². The SMILES string of the molecule is O=S(=O)(C1=C[C@H](c2ccsc2)CC[C@@H]1O)c1ccccc1. The first-order valence-corrected chi connectivity index (χ1v) is 9.23. The fourth-order valence-corrected chi connectivity index (χ4v) is 4.96. The van der Waals surface area contributed by atoms with Crippen LogP contribution < -0.4 is 0 Å². The highest BCUT2D eigenvalue weighted by atomic mass is 32.2. The second-order valence-corrected chi connectivity index (χ2v) is 7.87. The van der Waals surface area contributed by atoms with Crippen LogP contribution in [0.25, 0.3) is 0 Å². The van der Waals surface area contributed by atoms with Gasteiger partial charge in [0.1, 0.15) is 0 Å². The summed E-state index contributed by atoms with van der Waals surface area (Å²) in [5.74, 6) is 0.0631. The van der Waals surface area contributed by atoms with E-state index in [4.69, 9.17) is 0 Å². The lowest BCUT2D eigenvalue weighted by atomic mass is 9.90. The Morgan fingerprint density at radius 2 is 1.86 bits per heavy atom. The number of aliphatic hydroxyl groups excluding tert-OH is 1. The summed E-state index contributed by atoms with van der Waals surface area (Å²) in [4.78, 5) is 0.373. The molecule has 21 heavy (non-hydrogen) atoms. The maximum absolute atomic E-state index is 12.7. The Bertz CT molecular complexity index is 731. The molecule has 0 unspecified atom stereocenters. The molecule has 0 bridgehead atoms. The fourth-order valence-electron chi connectivity index (χ4n) is 2.63. The second kappa shape index (κ2) is 5.75. The summed E-state index contributed by atoms with van der Waals surface area (Å²) < 4.78 is 25.4. The molecule has 0 spiro atoms. The van der Waals surface area contributed by atoms with Crippen molar-refractivity contribution in [3.8, 4) is 0 Å². The lowest BCUT2D eigenvalue weighted by Gasteiger charge is -2.25. The van der Waals surface area contributed by atoms with Crippen molar-refractivity contribution in [2.45, 2.75) is 29.8 Å². The van der Waals surface area contributed by atoms with Gasteiger partial charge in [0.2, 0.25) is 9.84 Å². The number of benzene rings is 1. The molecule has 110 valence electrons. The monoisotopic (exact) mass is 320 g/mol. The third kappa shape index (κ3) is 2.81. The zero-order chi connectivity index (χ0) is 14.9. The lowest BCUT2D eigenvalue weighted by molar-refractivity contribution is 0.195. The zero-order valence-electron chi connectivity index (χ0n) is 11.3. The molecule has 0 fully saturated rings. The van der Waals surface area contributed by atoms with E-state index in [2.05, 4.69) is 0 Å². The first-order valence-electron chi connectivity index (χ1n) is 6.81. The predicted octanol–water partition coefficient (Wildman–Crippen LogP) is 3.34. The van der Waals surface area contributed by atoms with Crippen LogP contribution in [-0.2, 0) is 9.84 Å². The maximum atomic E-state index is 12.7. The van der Waals surface area contributed by atoms with Crippen molar-refractivity contribution in [3.63, 3.8) is 0 Å². The summed E-state index contributed by atoms with van der Waals surface area (Å²) in [6.45, 7) is 0. The molecule has 1 N–H and O–H groups in total. The molecule has 1 aromatic carbocycles. The summed E-state index contributed by atoms with van der Waals surface area (Å²) in [6, 6.07) is 10.3. The van der Waals surface area contributed by atoms with E-state index >= 15 is 0 Å². The van der Waals surface area contributed by atoms with Crippen molar-refractivity contribution in [1.82, 2.24) is 0 Å². The Labute approximate surface area is 128 Å². The molecular weight excluding hydrogens is 304 g/mol. The fraction of sp³-hybridized carbons (Fsp3) is 0.250. The van der Waals surface area contributed by atoms with Crippen molar-refractivity contribution in [3.05, 3.63) is 63.7 Å². The van der Waals surface area contributed by atoms with E-state index in [1.807, 2.05) is 16.8 Å². The van der Waals surface area contributed by atoms with Gasteiger partial charge < -0.3 is 5.11 Å². The Hall–Kier alpha value is -1.43. The van der Waals surface area contributed by atoms with Gasteiger partial charge in [-0.05, 0) is 47.4 Å². The molecule has 0 saturated carbocycles. The smallest absolute Gasteiger partial charge is 0.205 e. The molecule has 2 atom stereocenters. The van der Waals surface area contributed by atoms with Crippen molar-refractivity contribution in [1.29, 1.82) is 0 Å². The Morgan fingerprint density at radius 1 is 1.10 bits per heavy atom. The van der Waals surface area contributed by atoms with E-state index in [0.717, 1.165) is 12.0 Å². The van der Waals surface area contributed by atoms with E-state index in [-0.39, 0.29) is 15.7 Å². The van der Waals surface area contributed by atoms with Crippen LogP contribution in [0.5, 0.6) is 0 Å². The topological polar surface area (TPSA) is 54.4 Å². The van der Waals surface area contributed by atoms with Crippen LogP contribution >= 0.6 is 11.3 Å². The summed E-state index contributed by atoms with van der Waals surface area (Å²) in [6.07, 6.45) is 2.05. The second-order valence-electron chi connectivity index (χ2n) is 5.14. The minimum absolute atomic E-state index is 0.0631. The minimum Gasteiger partial charge on any atom is -0.388 e. The van der Waals surface area contributed by atoms with Gasteiger partial charge in [0.05, 0.1) is 15.9 Å². The number of rotatable bonds is 3. The van der Waals surface area contributed by atoms with E-state index in [1.54, 1.807) is 47.7 Å². The van der Waals surface area contributed by atoms with Crippen LogP contribution in [0.15, 0.2) is 63.0 Å². The van der Waals surface area contributed by atoms with Crippen LogP contribution in [0, 0.1) is 0 Å². The van der Waals surface area contributed by atoms with E-state index in [9.17, 15) is 13.5 Å². The largest absolute Gasteiger partial charge is 0.388 e. The van der Waals surface area contributed by atoms with Crippen molar-refractivity contribution in [2.24, 2.45) is 0 Å². The number of hydrogen-bond acceptors (Lipinski definition) is 4. The molecule has 1 aliphatic carbocycles.